The standard InChI is InChI=1S/C13H17N3O3/c1-16(6-11(17)9-2-3-9)7-12-14-13(15-19-12)10-4-5-18-8-10/h4-5,8-9,11,17H,2-3,6-7H2,1H3. The van der Waals surface area contributed by atoms with Gasteiger partial charge in [-0.15, -0.1) is 0 Å². The lowest BCUT2D eigenvalue weighted by molar-refractivity contribution is 0.0992. The first-order valence-corrected chi connectivity index (χ1v) is 6.44. The summed E-state index contributed by atoms with van der Waals surface area (Å²) in [6.07, 6.45) is 5.18. The van der Waals surface area contributed by atoms with Gasteiger partial charge in [-0.2, -0.15) is 4.98 Å². The van der Waals surface area contributed by atoms with Crippen LogP contribution in [0.4, 0.5) is 0 Å². The molecule has 0 spiro atoms. The van der Waals surface area contributed by atoms with E-state index in [-0.39, 0.29) is 6.10 Å². The van der Waals surface area contributed by atoms with Gasteiger partial charge < -0.3 is 14.0 Å². The Morgan fingerprint density at radius 1 is 1.53 bits per heavy atom. The molecule has 0 radical (unpaired) electrons. The van der Waals surface area contributed by atoms with Crippen LogP contribution in [0.2, 0.25) is 0 Å². The number of likely N-dealkylation sites (N-methyl/N-ethyl adjacent to an activating group) is 1. The molecule has 2 heterocycles. The Kier molecular flexibility index (Phi) is 3.35. The molecule has 0 saturated heterocycles. The Labute approximate surface area is 111 Å². The number of aromatic nitrogens is 2. The molecule has 1 unspecified atom stereocenters. The molecule has 1 aliphatic carbocycles. The van der Waals surface area contributed by atoms with Crippen LogP contribution < -0.4 is 0 Å². The molecule has 6 heteroatoms. The third-order valence-corrected chi connectivity index (χ3v) is 3.32. The van der Waals surface area contributed by atoms with Crippen LogP contribution in [0.3, 0.4) is 0 Å². The van der Waals surface area contributed by atoms with Crippen LogP contribution >= 0.6 is 0 Å². The van der Waals surface area contributed by atoms with Crippen LogP contribution in [0.5, 0.6) is 0 Å². The molecule has 6 nitrogen and oxygen atoms in total. The van der Waals surface area contributed by atoms with E-state index in [9.17, 15) is 5.11 Å². The molecule has 0 aliphatic heterocycles. The molecular weight excluding hydrogens is 246 g/mol. The minimum absolute atomic E-state index is 0.249. The highest BCUT2D eigenvalue weighted by molar-refractivity contribution is 5.51. The summed E-state index contributed by atoms with van der Waals surface area (Å²) in [5, 5.41) is 13.8. The van der Waals surface area contributed by atoms with Gasteiger partial charge in [-0.1, -0.05) is 5.16 Å². The van der Waals surface area contributed by atoms with Gasteiger partial charge in [0.1, 0.15) is 6.26 Å². The van der Waals surface area contributed by atoms with E-state index >= 15 is 0 Å². The summed E-state index contributed by atoms with van der Waals surface area (Å²) in [7, 11) is 1.94. The maximum Gasteiger partial charge on any atom is 0.241 e. The van der Waals surface area contributed by atoms with Crippen LogP contribution in [0.25, 0.3) is 11.4 Å². The van der Waals surface area contributed by atoms with Gasteiger partial charge in [0.05, 0.1) is 24.5 Å². The predicted octanol–water partition coefficient (Wildman–Crippen LogP) is 1.53. The number of hydrogen-bond donors (Lipinski definition) is 1. The van der Waals surface area contributed by atoms with E-state index in [2.05, 4.69) is 10.1 Å². The highest BCUT2D eigenvalue weighted by atomic mass is 16.5. The average molecular weight is 263 g/mol. The molecule has 1 atom stereocenters. The lowest BCUT2D eigenvalue weighted by atomic mass is 10.2. The van der Waals surface area contributed by atoms with E-state index in [1.165, 1.54) is 0 Å². The van der Waals surface area contributed by atoms with Crippen molar-refractivity contribution in [1.82, 2.24) is 15.0 Å². The predicted molar refractivity (Wildman–Crippen MR) is 67.1 cm³/mol. The van der Waals surface area contributed by atoms with E-state index in [4.69, 9.17) is 8.94 Å². The number of aliphatic hydroxyl groups excluding tert-OH is 1. The Morgan fingerprint density at radius 2 is 2.37 bits per heavy atom. The first kappa shape index (κ1) is 12.4. The van der Waals surface area contributed by atoms with Crippen LogP contribution in [0.15, 0.2) is 27.5 Å². The van der Waals surface area contributed by atoms with E-state index in [1.807, 2.05) is 11.9 Å². The molecule has 3 rings (SSSR count). The van der Waals surface area contributed by atoms with Crippen LogP contribution in [0.1, 0.15) is 18.7 Å². The normalized spacial score (nSPS) is 17.0. The summed E-state index contributed by atoms with van der Waals surface area (Å²) in [4.78, 5) is 6.30. The summed E-state index contributed by atoms with van der Waals surface area (Å²) in [6.45, 7) is 1.17. The molecule has 0 aromatic carbocycles. The molecule has 1 fully saturated rings. The van der Waals surface area contributed by atoms with Gasteiger partial charge in [0.25, 0.3) is 0 Å². The van der Waals surface area contributed by atoms with Crippen molar-refractivity contribution in [3.05, 3.63) is 24.5 Å². The van der Waals surface area contributed by atoms with Crippen molar-refractivity contribution < 1.29 is 14.0 Å². The van der Waals surface area contributed by atoms with Gasteiger partial charge in [0, 0.05) is 6.54 Å². The largest absolute Gasteiger partial charge is 0.472 e. The van der Waals surface area contributed by atoms with Crippen LogP contribution in [-0.2, 0) is 6.54 Å². The van der Waals surface area contributed by atoms with E-state index < -0.39 is 0 Å². The maximum atomic E-state index is 9.87. The van der Waals surface area contributed by atoms with E-state index in [0.717, 1.165) is 18.4 Å². The summed E-state index contributed by atoms with van der Waals surface area (Å²) in [5.74, 6) is 1.55. The van der Waals surface area contributed by atoms with Gasteiger partial charge in [-0.3, -0.25) is 4.90 Å². The van der Waals surface area contributed by atoms with Crippen molar-refractivity contribution in [1.29, 1.82) is 0 Å². The number of aliphatic hydroxyl groups is 1. The molecule has 1 aliphatic rings. The molecule has 1 N–H and O–H groups in total. The maximum absolute atomic E-state index is 9.87. The Morgan fingerprint density at radius 3 is 3.05 bits per heavy atom. The van der Waals surface area contributed by atoms with Gasteiger partial charge in [-0.25, -0.2) is 0 Å². The Balaban J connectivity index is 1.57. The minimum Gasteiger partial charge on any atom is -0.472 e. The van der Waals surface area contributed by atoms with E-state index in [0.29, 0.717) is 30.7 Å². The second kappa shape index (κ2) is 5.14. The zero-order valence-electron chi connectivity index (χ0n) is 10.8. The van der Waals surface area contributed by atoms with Crippen molar-refractivity contribution >= 4 is 0 Å². The van der Waals surface area contributed by atoms with Crippen molar-refractivity contribution in [2.45, 2.75) is 25.5 Å². The molecule has 102 valence electrons. The van der Waals surface area contributed by atoms with Crippen molar-refractivity contribution in [3.8, 4) is 11.4 Å². The Hall–Kier alpha value is -1.66. The first-order valence-electron chi connectivity index (χ1n) is 6.44. The van der Waals surface area contributed by atoms with Gasteiger partial charge in [0.15, 0.2) is 0 Å². The third kappa shape index (κ3) is 3.02. The topological polar surface area (TPSA) is 75.5 Å². The first-order chi connectivity index (χ1) is 9.22. The molecule has 1 saturated carbocycles. The zero-order valence-corrected chi connectivity index (χ0v) is 10.8. The second-order valence-electron chi connectivity index (χ2n) is 5.13. The quantitative estimate of drug-likeness (QED) is 0.851. The Bertz CT molecular complexity index is 519. The number of hydrogen-bond acceptors (Lipinski definition) is 6. The smallest absolute Gasteiger partial charge is 0.241 e. The summed E-state index contributed by atoms with van der Waals surface area (Å²) >= 11 is 0. The molecule has 19 heavy (non-hydrogen) atoms. The molecule has 2 aromatic rings. The van der Waals surface area contributed by atoms with Gasteiger partial charge in [-0.05, 0) is 31.9 Å². The lowest BCUT2D eigenvalue weighted by Gasteiger charge is -2.18. The molecule has 0 bridgehead atoms. The summed E-state index contributed by atoms with van der Waals surface area (Å²) < 4.78 is 10.2. The summed E-state index contributed by atoms with van der Waals surface area (Å²) in [6, 6.07) is 1.79. The number of rotatable bonds is 6. The highest BCUT2D eigenvalue weighted by Crippen LogP contribution is 2.32. The van der Waals surface area contributed by atoms with Gasteiger partial charge in [0.2, 0.25) is 11.7 Å². The van der Waals surface area contributed by atoms with Gasteiger partial charge >= 0.3 is 0 Å². The fourth-order valence-corrected chi connectivity index (χ4v) is 2.07. The molecule has 2 aromatic heterocycles. The van der Waals surface area contributed by atoms with Crippen molar-refractivity contribution in [2.24, 2.45) is 5.92 Å². The van der Waals surface area contributed by atoms with Crippen LogP contribution in [0, 0.1) is 5.92 Å². The number of furan rings is 1. The summed E-state index contributed by atoms with van der Waals surface area (Å²) in [5.41, 5.74) is 0.802. The van der Waals surface area contributed by atoms with Crippen molar-refractivity contribution in [3.63, 3.8) is 0 Å². The molecular formula is C13H17N3O3. The highest BCUT2D eigenvalue weighted by Gasteiger charge is 2.30. The molecule has 0 amide bonds. The SMILES string of the molecule is CN(Cc1nc(-c2ccoc2)no1)CC(O)C1CC1. The lowest BCUT2D eigenvalue weighted by Crippen LogP contribution is -2.30. The van der Waals surface area contributed by atoms with E-state index in [1.54, 1.807) is 18.6 Å². The fraction of sp³-hybridized carbons (Fsp3) is 0.538. The minimum atomic E-state index is -0.249. The zero-order chi connectivity index (χ0) is 13.2. The van der Waals surface area contributed by atoms with Crippen LogP contribution in [-0.4, -0.2) is 39.8 Å². The monoisotopic (exact) mass is 263 g/mol. The number of nitrogens with zero attached hydrogens (tertiary/aromatic N) is 3. The van der Waals surface area contributed by atoms with Crippen molar-refractivity contribution in [2.75, 3.05) is 13.6 Å². The fourth-order valence-electron chi connectivity index (χ4n) is 2.07. The average Bonchev–Trinajstić information content (AvgIpc) is 2.89. The second-order valence-corrected chi connectivity index (χ2v) is 5.13. The third-order valence-electron chi connectivity index (χ3n) is 3.32.